The molecule has 0 aliphatic rings. The zero-order valence-corrected chi connectivity index (χ0v) is 12.1. The lowest BCUT2D eigenvalue weighted by molar-refractivity contribution is -0.144. The number of carbonyl (C=O) groups excluding carboxylic acids is 1. The van der Waals surface area contributed by atoms with Crippen LogP contribution in [0.1, 0.15) is 15.9 Å². The highest BCUT2D eigenvalue weighted by Crippen LogP contribution is 2.09. The van der Waals surface area contributed by atoms with E-state index in [0.717, 1.165) is 4.90 Å². The molecule has 0 radical (unpaired) electrons. The first kappa shape index (κ1) is 18.1. The van der Waals surface area contributed by atoms with E-state index >= 15 is 0 Å². The van der Waals surface area contributed by atoms with Crippen LogP contribution in [0.3, 0.4) is 0 Å². The summed E-state index contributed by atoms with van der Waals surface area (Å²) in [5, 5.41) is 28.7. The lowest BCUT2D eigenvalue weighted by Gasteiger charge is -2.21. The number of carboxylic acid groups (broad SMARTS) is 3. The minimum absolute atomic E-state index is 0.0224. The molecule has 4 N–H and O–H groups in total. The maximum atomic E-state index is 12.0. The van der Waals surface area contributed by atoms with Crippen molar-refractivity contribution in [1.82, 2.24) is 10.2 Å². The maximum absolute atomic E-state index is 12.0. The smallest absolute Gasteiger partial charge is 0.335 e. The molecule has 1 aromatic rings. The average Bonchev–Trinajstić information content (AvgIpc) is 2.45. The van der Waals surface area contributed by atoms with Crippen LogP contribution in [0.15, 0.2) is 24.3 Å². The van der Waals surface area contributed by atoms with Crippen LogP contribution >= 0.6 is 0 Å². The number of carbonyl (C=O) groups is 4. The van der Waals surface area contributed by atoms with Crippen molar-refractivity contribution in [2.24, 2.45) is 0 Å². The van der Waals surface area contributed by atoms with E-state index in [1.54, 1.807) is 6.07 Å². The Balaban J connectivity index is 2.79. The first-order valence-electron chi connectivity index (χ1n) is 6.54. The molecule has 0 saturated heterocycles. The number of aliphatic carboxylic acids is 2. The number of nitrogens with one attached hydrogen (secondary N) is 1. The molecule has 0 heterocycles. The molecule has 0 atom stereocenters. The zero-order chi connectivity index (χ0) is 17.4. The SMILES string of the molecule is O=C(O)CNCC(=O)N(CC(=O)O)Cc1cccc(C(=O)O)c1. The fourth-order valence-corrected chi connectivity index (χ4v) is 1.81. The van der Waals surface area contributed by atoms with Crippen LogP contribution in [0.25, 0.3) is 0 Å². The fraction of sp³-hybridized carbons (Fsp3) is 0.286. The lowest BCUT2D eigenvalue weighted by Crippen LogP contribution is -2.41. The molecular formula is C14H16N2O7. The second-order valence-electron chi connectivity index (χ2n) is 4.65. The van der Waals surface area contributed by atoms with Crippen LogP contribution < -0.4 is 5.32 Å². The van der Waals surface area contributed by atoms with E-state index in [4.69, 9.17) is 15.3 Å². The van der Waals surface area contributed by atoms with E-state index in [9.17, 15) is 19.2 Å². The summed E-state index contributed by atoms with van der Waals surface area (Å²) < 4.78 is 0. The van der Waals surface area contributed by atoms with Crippen molar-refractivity contribution in [2.75, 3.05) is 19.6 Å². The van der Waals surface area contributed by atoms with Crippen molar-refractivity contribution in [3.05, 3.63) is 35.4 Å². The van der Waals surface area contributed by atoms with Crippen molar-refractivity contribution in [3.63, 3.8) is 0 Å². The van der Waals surface area contributed by atoms with Gasteiger partial charge in [0, 0.05) is 6.54 Å². The minimum Gasteiger partial charge on any atom is -0.480 e. The lowest BCUT2D eigenvalue weighted by atomic mass is 10.1. The van der Waals surface area contributed by atoms with E-state index in [-0.39, 0.29) is 18.7 Å². The Morgan fingerprint density at radius 2 is 1.70 bits per heavy atom. The highest BCUT2D eigenvalue weighted by molar-refractivity contribution is 5.88. The molecule has 23 heavy (non-hydrogen) atoms. The third kappa shape index (κ3) is 6.57. The molecule has 0 fully saturated rings. The van der Waals surface area contributed by atoms with Crippen molar-refractivity contribution >= 4 is 23.8 Å². The van der Waals surface area contributed by atoms with Gasteiger partial charge in [-0.1, -0.05) is 12.1 Å². The Bertz CT molecular complexity index is 615. The summed E-state index contributed by atoms with van der Waals surface area (Å²) in [6, 6.07) is 5.78. The third-order valence-corrected chi connectivity index (χ3v) is 2.78. The molecule has 0 aliphatic heterocycles. The number of hydrogen-bond acceptors (Lipinski definition) is 5. The number of amides is 1. The van der Waals surface area contributed by atoms with Crippen LogP contribution in [0.2, 0.25) is 0 Å². The van der Waals surface area contributed by atoms with Crippen LogP contribution in [0, 0.1) is 0 Å². The van der Waals surface area contributed by atoms with E-state index in [0.29, 0.717) is 5.56 Å². The van der Waals surface area contributed by atoms with Gasteiger partial charge in [0.2, 0.25) is 5.91 Å². The van der Waals surface area contributed by atoms with Crippen LogP contribution in [-0.4, -0.2) is 63.7 Å². The highest BCUT2D eigenvalue weighted by atomic mass is 16.4. The van der Waals surface area contributed by atoms with Crippen LogP contribution in [0.4, 0.5) is 0 Å². The number of carboxylic acids is 3. The first-order chi connectivity index (χ1) is 10.8. The van der Waals surface area contributed by atoms with Gasteiger partial charge in [0.1, 0.15) is 6.54 Å². The van der Waals surface area contributed by atoms with Gasteiger partial charge in [-0.25, -0.2) is 4.79 Å². The van der Waals surface area contributed by atoms with Gasteiger partial charge in [0.15, 0.2) is 0 Å². The molecule has 1 amide bonds. The summed E-state index contributed by atoms with van der Waals surface area (Å²) in [4.78, 5) is 45.1. The zero-order valence-electron chi connectivity index (χ0n) is 12.1. The molecule has 124 valence electrons. The molecule has 0 unspecified atom stereocenters. The molecule has 0 spiro atoms. The van der Waals surface area contributed by atoms with Crippen molar-refractivity contribution in [3.8, 4) is 0 Å². The number of hydrogen-bond donors (Lipinski definition) is 4. The number of benzene rings is 1. The predicted octanol–water partition coefficient (Wildman–Crippen LogP) is -0.528. The second kappa shape index (κ2) is 8.49. The average molecular weight is 324 g/mol. The summed E-state index contributed by atoms with van der Waals surface area (Å²) in [7, 11) is 0. The quantitative estimate of drug-likeness (QED) is 0.474. The third-order valence-electron chi connectivity index (χ3n) is 2.78. The number of rotatable bonds is 9. The monoisotopic (exact) mass is 324 g/mol. The molecule has 0 saturated carbocycles. The maximum Gasteiger partial charge on any atom is 0.335 e. The molecule has 1 aromatic carbocycles. The minimum atomic E-state index is -1.23. The van der Waals surface area contributed by atoms with E-state index in [1.807, 2.05) is 0 Å². The summed E-state index contributed by atoms with van der Waals surface area (Å²) in [5.41, 5.74) is 0.479. The normalized spacial score (nSPS) is 10.1. The van der Waals surface area contributed by atoms with Crippen LogP contribution in [0.5, 0.6) is 0 Å². The molecule has 9 heteroatoms. The van der Waals surface area contributed by atoms with Gasteiger partial charge in [-0.05, 0) is 17.7 Å². The Labute approximate surface area is 131 Å². The van der Waals surface area contributed by atoms with Gasteiger partial charge >= 0.3 is 17.9 Å². The first-order valence-corrected chi connectivity index (χ1v) is 6.54. The molecule has 0 aliphatic carbocycles. The van der Waals surface area contributed by atoms with Crippen molar-refractivity contribution < 1.29 is 34.5 Å². The van der Waals surface area contributed by atoms with Gasteiger partial charge in [0.05, 0.1) is 18.7 Å². The van der Waals surface area contributed by atoms with Crippen molar-refractivity contribution in [2.45, 2.75) is 6.54 Å². The summed E-state index contributed by atoms with van der Waals surface area (Å²) >= 11 is 0. The predicted molar refractivity (Wildman–Crippen MR) is 77.0 cm³/mol. The highest BCUT2D eigenvalue weighted by Gasteiger charge is 2.17. The Morgan fingerprint density at radius 1 is 1.00 bits per heavy atom. The molecule has 0 bridgehead atoms. The number of nitrogens with zero attached hydrogens (tertiary/aromatic N) is 1. The Kier molecular flexibility index (Phi) is 6.68. The van der Waals surface area contributed by atoms with Gasteiger partial charge < -0.3 is 20.2 Å². The van der Waals surface area contributed by atoms with Crippen LogP contribution in [-0.2, 0) is 20.9 Å². The number of aromatic carboxylic acids is 1. The summed E-state index contributed by atoms with van der Waals surface area (Å²) in [5.74, 6) is -4.11. The van der Waals surface area contributed by atoms with Gasteiger partial charge in [-0.2, -0.15) is 0 Å². The van der Waals surface area contributed by atoms with E-state index in [1.165, 1.54) is 18.2 Å². The standard InChI is InChI=1S/C14H16N2O7/c17-11(5-15-6-12(18)19)16(8-13(20)21)7-9-2-1-3-10(4-9)14(22)23/h1-4,15H,5-8H2,(H,18,19)(H,20,21)(H,22,23). The molecule has 0 aromatic heterocycles. The van der Waals surface area contributed by atoms with E-state index < -0.39 is 36.9 Å². The molecule has 1 rings (SSSR count). The van der Waals surface area contributed by atoms with Gasteiger partial charge in [-0.3, -0.25) is 19.7 Å². The Hall–Kier alpha value is -2.94. The summed E-state index contributed by atoms with van der Waals surface area (Å²) in [6.07, 6.45) is 0. The molecule has 9 nitrogen and oxygen atoms in total. The van der Waals surface area contributed by atoms with Crippen molar-refractivity contribution in [1.29, 1.82) is 0 Å². The van der Waals surface area contributed by atoms with Gasteiger partial charge in [-0.15, -0.1) is 0 Å². The summed E-state index contributed by atoms with van der Waals surface area (Å²) in [6.45, 7) is -1.44. The van der Waals surface area contributed by atoms with Gasteiger partial charge in [0.25, 0.3) is 0 Å². The topological polar surface area (TPSA) is 144 Å². The van der Waals surface area contributed by atoms with E-state index in [2.05, 4.69) is 5.32 Å². The second-order valence-corrected chi connectivity index (χ2v) is 4.65. The largest absolute Gasteiger partial charge is 0.480 e. The Morgan fingerprint density at radius 3 is 2.26 bits per heavy atom. The fourth-order valence-electron chi connectivity index (χ4n) is 1.81. The molecular weight excluding hydrogens is 308 g/mol.